The lowest BCUT2D eigenvalue weighted by Gasteiger charge is -2.18. The molecule has 0 amide bonds. The molecule has 1 rings (SSSR count). The highest BCUT2D eigenvalue weighted by Gasteiger charge is 2.19. The summed E-state index contributed by atoms with van der Waals surface area (Å²) in [5, 5.41) is 20.0. The number of aryl methyl sites for hydroxylation is 1. The largest absolute Gasteiger partial charge is 0.481 e. The first-order valence-corrected chi connectivity index (χ1v) is 12.2. The van der Waals surface area contributed by atoms with Gasteiger partial charge in [0.2, 0.25) is 0 Å². The highest BCUT2D eigenvalue weighted by Crippen LogP contribution is 2.27. The number of aromatic nitrogens is 2. The molecule has 1 aromatic rings. The van der Waals surface area contributed by atoms with Crippen molar-refractivity contribution < 1.29 is 15.0 Å². The van der Waals surface area contributed by atoms with Gasteiger partial charge in [-0.05, 0) is 26.2 Å². The average Bonchev–Trinajstić information content (AvgIpc) is 3.10. The van der Waals surface area contributed by atoms with E-state index in [-0.39, 0.29) is 18.1 Å². The number of H-pyrrole nitrogens is 1. The maximum Gasteiger partial charge on any atom is 0.303 e. The van der Waals surface area contributed by atoms with Crippen molar-refractivity contribution >= 4 is 17.7 Å². The van der Waals surface area contributed by atoms with Crippen LogP contribution in [0.4, 0.5) is 0 Å². The first-order chi connectivity index (χ1) is 14.0. The Bertz CT molecular complexity index is 574. The molecule has 0 aliphatic rings. The molecule has 3 N–H and O–H groups in total. The Morgan fingerprint density at radius 3 is 2.31 bits per heavy atom. The fourth-order valence-electron chi connectivity index (χ4n) is 3.27. The van der Waals surface area contributed by atoms with Gasteiger partial charge in [-0.3, -0.25) is 4.79 Å². The number of aliphatic hydroxyl groups excluding tert-OH is 1. The van der Waals surface area contributed by atoms with Gasteiger partial charge in [-0.25, -0.2) is 4.98 Å². The average molecular weight is 425 g/mol. The molecule has 1 aromatic heterocycles. The Morgan fingerprint density at radius 2 is 1.76 bits per heavy atom. The summed E-state index contributed by atoms with van der Waals surface area (Å²) in [5.74, 6) is -0.0415. The van der Waals surface area contributed by atoms with E-state index >= 15 is 0 Å². The molecule has 0 saturated heterocycles. The lowest BCUT2D eigenvalue weighted by molar-refractivity contribution is -0.137. The van der Waals surface area contributed by atoms with Crippen LogP contribution in [0.5, 0.6) is 0 Å². The number of hydrogen-bond donors (Lipinski definition) is 3. The molecule has 0 bridgehead atoms. The Labute approximate surface area is 180 Å². The molecule has 0 aliphatic heterocycles. The van der Waals surface area contributed by atoms with Crippen LogP contribution in [-0.4, -0.2) is 37.5 Å². The molecule has 5 nitrogen and oxygen atoms in total. The third-order valence-corrected chi connectivity index (χ3v) is 6.23. The fraction of sp³-hybridized carbons (Fsp3) is 0.739. The predicted molar refractivity (Wildman–Crippen MR) is 121 cm³/mol. The number of nitrogens with one attached hydrogen (secondary N) is 1. The summed E-state index contributed by atoms with van der Waals surface area (Å²) in [5.41, 5.74) is 0. The number of carbonyl (C=O) groups is 1. The number of thioether (sulfide) groups is 1. The maximum atomic E-state index is 10.8. The van der Waals surface area contributed by atoms with Crippen LogP contribution in [0.1, 0.15) is 96.2 Å². The lowest BCUT2D eigenvalue weighted by atomic mass is 10.1. The van der Waals surface area contributed by atoms with Crippen LogP contribution in [0.3, 0.4) is 0 Å². The van der Waals surface area contributed by atoms with Crippen molar-refractivity contribution in [1.82, 2.24) is 9.97 Å². The van der Waals surface area contributed by atoms with Crippen molar-refractivity contribution in [1.29, 1.82) is 0 Å². The zero-order chi connectivity index (χ0) is 21.3. The number of aromatic amines is 1. The van der Waals surface area contributed by atoms with E-state index in [2.05, 4.69) is 23.0 Å². The maximum absolute atomic E-state index is 10.8. The highest BCUT2D eigenvalue weighted by atomic mass is 32.2. The molecule has 166 valence electrons. The summed E-state index contributed by atoms with van der Waals surface area (Å²) in [4.78, 5) is 18.2. The van der Waals surface area contributed by atoms with E-state index in [1.54, 1.807) is 6.20 Å². The number of aliphatic carboxylic acids is 1. The van der Waals surface area contributed by atoms with Gasteiger partial charge in [0.1, 0.15) is 5.82 Å². The lowest BCUT2D eigenvalue weighted by Crippen LogP contribution is -2.22. The van der Waals surface area contributed by atoms with E-state index in [0.717, 1.165) is 23.7 Å². The molecule has 29 heavy (non-hydrogen) atoms. The second-order valence-electron chi connectivity index (χ2n) is 7.81. The number of carboxylic acid groups (broad SMARTS) is 1. The van der Waals surface area contributed by atoms with E-state index in [9.17, 15) is 9.90 Å². The smallest absolute Gasteiger partial charge is 0.303 e. The van der Waals surface area contributed by atoms with E-state index < -0.39 is 12.1 Å². The molecule has 1 heterocycles. The Balaban J connectivity index is 2.27. The summed E-state index contributed by atoms with van der Waals surface area (Å²) in [6.07, 6.45) is 19.7. The second-order valence-corrected chi connectivity index (χ2v) is 9.03. The second kappa shape index (κ2) is 16.5. The molecule has 0 aromatic carbocycles. The molecule has 0 aliphatic carbocycles. The van der Waals surface area contributed by atoms with Crippen LogP contribution in [0.15, 0.2) is 23.4 Å². The number of rotatable bonds is 18. The van der Waals surface area contributed by atoms with Crippen molar-refractivity contribution in [3.63, 3.8) is 0 Å². The van der Waals surface area contributed by atoms with Crippen LogP contribution in [0, 0.1) is 6.92 Å². The van der Waals surface area contributed by atoms with Gasteiger partial charge in [0.05, 0.1) is 22.6 Å². The summed E-state index contributed by atoms with van der Waals surface area (Å²) in [7, 11) is 0. The molecule has 6 heteroatoms. The van der Waals surface area contributed by atoms with Crippen molar-refractivity contribution in [2.24, 2.45) is 0 Å². The number of unbranched alkanes of at least 4 members (excludes halogenated alkanes) is 10. The van der Waals surface area contributed by atoms with E-state index in [4.69, 9.17) is 5.11 Å². The predicted octanol–water partition coefficient (Wildman–Crippen LogP) is 6.27. The minimum atomic E-state index is -0.875. The van der Waals surface area contributed by atoms with Gasteiger partial charge in [0.25, 0.3) is 0 Å². The standard InChI is InChI=1S/C23H40N2O3S/c1-3-4-5-6-7-8-9-10-11-12-13-14-15-21(20(26)16-17-23(27)28)29-22-18-24-19(2)25-22/h14-15,18,20-21,26H,3-13,16-17H2,1-2H3,(H,24,25)(H,27,28)/b15-14-. The van der Waals surface area contributed by atoms with Gasteiger partial charge in [-0.2, -0.15) is 0 Å². The normalized spacial score (nSPS) is 13.8. The topological polar surface area (TPSA) is 86.2 Å². The molecular formula is C23H40N2O3S. The third-order valence-electron chi connectivity index (χ3n) is 5.03. The zero-order valence-corrected chi connectivity index (χ0v) is 19.1. The van der Waals surface area contributed by atoms with Crippen LogP contribution in [0.25, 0.3) is 0 Å². The quantitative estimate of drug-likeness (QED) is 0.147. The summed E-state index contributed by atoms with van der Waals surface area (Å²) < 4.78 is 0. The summed E-state index contributed by atoms with van der Waals surface area (Å²) >= 11 is 1.50. The summed E-state index contributed by atoms with van der Waals surface area (Å²) in [6, 6.07) is 0. The van der Waals surface area contributed by atoms with Gasteiger partial charge >= 0.3 is 5.97 Å². The SMILES string of the molecule is CCCCCCCCCCCC/C=C\C(Sc1cnc(C)[nH]1)C(O)CCC(=O)O. The van der Waals surface area contributed by atoms with Crippen LogP contribution in [-0.2, 0) is 4.79 Å². The van der Waals surface area contributed by atoms with Crippen molar-refractivity contribution in [2.75, 3.05) is 0 Å². The van der Waals surface area contributed by atoms with E-state index in [1.807, 2.05) is 13.0 Å². The number of imidazole rings is 1. The number of aliphatic hydroxyl groups is 1. The minimum Gasteiger partial charge on any atom is -0.481 e. The van der Waals surface area contributed by atoms with E-state index in [0.29, 0.717) is 0 Å². The molecule has 0 fully saturated rings. The van der Waals surface area contributed by atoms with Crippen molar-refractivity contribution in [2.45, 2.75) is 114 Å². The molecule has 0 radical (unpaired) electrons. The van der Waals surface area contributed by atoms with Gasteiger partial charge in [0.15, 0.2) is 0 Å². The Kier molecular flexibility index (Phi) is 14.7. The van der Waals surface area contributed by atoms with Gasteiger partial charge < -0.3 is 15.2 Å². The van der Waals surface area contributed by atoms with Crippen LogP contribution < -0.4 is 0 Å². The third kappa shape index (κ3) is 13.6. The van der Waals surface area contributed by atoms with Crippen LogP contribution >= 0.6 is 11.8 Å². The van der Waals surface area contributed by atoms with Gasteiger partial charge in [-0.1, -0.05) is 88.6 Å². The number of hydrogen-bond acceptors (Lipinski definition) is 4. The molecule has 2 atom stereocenters. The minimum absolute atomic E-state index is 0.0213. The highest BCUT2D eigenvalue weighted by molar-refractivity contribution is 8.00. The number of allylic oxidation sites excluding steroid dienone is 1. The van der Waals surface area contributed by atoms with Crippen molar-refractivity contribution in [3.05, 3.63) is 24.2 Å². The van der Waals surface area contributed by atoms with Crippen LogP contribution in [0.2, 0.25) is 0 Å². The van der Waals surface area contributed by atoms with Crippen molar-refractivity contribution in [3.8, 4) is 0 Å². The zero-order valence-electron chi connectivity index (χ0n) is 18.2. The van der Waals surface area contributed by atoms with E-state index in [1.165, 1.54) is 69.5 Å². The molecule has 2 unspecified atom stereocenters. The molecule has 0 spiro atoms. The molecule has 0 saturated carbocycles. The number of carboxylic acids is 1. The fourth-order valence-corrected chi connectivity index (χ4v) is 4.36. The Hall–Kier alpha value is -1.27. The summed E-state index contributed by atoms with van der Waals surface area (Å²) in [6.45, 7) is 4.14. The Morgan fingerprint density at radius 1 is 1.14 bits per heavy atom. The first-order valence-electron chi connectivity index (χ1n) is 11.3. The molecular weight excluding hydrogens is 384 g/mol. The monoisotopic (exact) mass is 424 g/mol. The first kappa shape index (κ1) is 25.8. The number of nitrogens with zero attached hydrogens (tertiary/aromatic N) is 1. The van der Waals surface area contributed by atoms with Gasteiger partial charge in [0, 0.05) is 6.42 Å². The van der Waals surface area contributed by atoms with Gasteiger partial charge in [-0.15, -0.1) is 0 Å².